The first kappa shape index (κ1) is 19.5. The lowest BCUT2D eigenvalue weighted by atomic mass is 10.1. The maximum Gasteiger partial charge on any atom is 0.228 e. The summed E-state index contributed by atoms with van der Waals surface area (Å²) in [5.74, 6) is 0.105. The van der Waals surface area contributed by atoms with E-state index in [4.69, 9.17) is 0 Å². The zero-order valence-electron chi connectivity index (χ0n) is 15.1. The summed E-state index contributed by atoms with van der Waals surface area (Å²) in [7, 11) is 0. The number of hydrogen-bond donors (Lipinski definition) is 1. The van der Waals surface area contributed by atoms with Crippen molar-refractivity contribution < 1.29 is 14.4 Å². The summed E-state index contributed by atoms with van der Waals surface area (Å²) in [6.07, 6.45) is 2.44. The quantitative estimate of drug-likeness (QED) is 0.412. The van der Waals surface area contributed by atoms with Gasteiger partial charge in [-0.25, -0.2) is 0 Å². The van der Waals surface area contributed by atoms with Crippen molar-refractivity contribution >= 4 is 51.5 Å². The third-order valence-electron chi connectivity index (χ3n) is 3.94. The van der Waals surface area contributed by atoms with Gasteiger partial charge in [-0.2, -0.15) is 0 Å². The fraction of sp³-hybridized carbons (Fsp3) is 0.389. The standard InChI is InChI=1S/C18H20N4O3S2/c1-3-16(25)22(14-8-9-14)17-20-21-18(27-17)26-10-15(24)12-4-6-13(7-5-12)19-11(2)23/h4-7,14H,3,8-10H2,1-2H3,(H,19,23). The van der Waals surface area contributed by atoms with Crippen LogP contribution in [-0.4, -0.2) is 39.6 Å². The Morgan fingerprint density at radius 1 is 1.22 bits per heavy atom. The number of Topliss-reactive ketones (excluding diaryl/α,β-unsaturated/α-hetero) is 1. The van der Waals surface area contributed by atoms with Crippen molar-refractivity contribution in [3.63, 3.8) is 0 Å². The molecule has 0 bridgehead atoms. The number of thioether (sulfide) groups is 1. The van der Waals surface area contributed by atoms with Crippen molar-refractivity contribution in [1.82, 2.24) is 10.2 Å². The highest BCUT2D eigenvalue weighted by molar-refractivity contribution is 8.01. The van der Waals surface area contributed by atoms with E-state index >= 15 is 0 Å². The van der Waals surface area contributed by atoms with Gasteiger partial charge in [0.15, 0.2) is 10.1 Å². The summed E-state index contributed by atoms with van der Waals surface area (Å²) in [4.78, 5) is 37.2. The molecule has 3 rings (SSSR count). The molecule has 0 spiro atoms. The molecule has 1 aromatic heterocycles. The molecule has 0 saturated heterocycles. The van der Waals surface area contributed by atoms with Crippen LogP contribution in [-0.2, 0) is 9.59 Å². The molecule has 2 amide bonds. The topological polar surface area (TPSA) is 92.3 Å². The van der Waals surface area contributed by atoms with Crippen molar-refractivity contribution in [2.45, 2.75) is 43.5 Å². The number of carbonyl (C=O) groups is 3. The highest BCUT2D eigenvalue weighted by Crippen LogP contribution is 2.36. The first-order chi connectivity index (χ1) is 13.0. The first-order valence-electron chi connectivity index (χ1n) is 8.67. The van der Waals surface area contributed by atoms with Gasteiger partial charge in [-0.3, -0.25) is 19.3 Å². The second-order valence-corrected chi connectivity index (χ2v) is 8.35. The van der Waals surface area contributed by atoms with Gasteiger partial charge in [-0.05, 0) is 37.1 Å². The minimum atomic E-state index is -0.154. The Morgan fingerprint density at radius 3 is 2.52 bits per heavy atom. The van der Waals surface area contributed by atoms with Gasteiger partial charge < -0.3 is 5.32 Å². The van der Waals surface area contributed by atoms with Gasteiger partial charge in [-0.1, -0.05) is 30.0 Å². The summed E-state index contributed by atoms with van der Waals surface area (Å²) in [5.41, 5.74) is 1.23. The summed E-state index contributed by atoms with van der Waals surface area (Å²) in [6, 6.07) is 7.02. The zero-order chi connectivity index (χ0) is 19.4. The Hall–Kier alpha value is -2.26. The Morgan fingerprint density at radius 2 is 1.93 bits per heavy atom. The van der Waals surface area contributed by atoms with Crippen LogP contribution in [0, 0.1) is 0 Å². The van der Waals surface area contributed by atoms with E-state index in [2.05, 4.69) is 15.5 Å². The van der Waals surface area contributed by atoms with Gasteiger partial charge in [0.05, 0.1) is 5.75 Å². The number of hydrogen-bond acceptors (Lipinski definition) is 7. The van der Waals surface area contributed by atoms with Crippen molar-refractivity contribution in [3.8, 4) is 0 Å². The van der Waals surface area contributed by atoms with Gasteiger partial charge in [0.1, 0.15) is 0 Å². The number of nitrogens with zero attached hydrogens (tertiary/aromatic N) is 3. The van der Waals surface area contributed by atoms with Crippen LogP contribution in [0.15, 0.2) is 28.6 Å². The lowest BCUT2D eigenvalue weighted by Crippen LogP contribution is -2.32. The van der Waals surface area contributed by atoms with E-state index in [-0.39, 0.29) is 29.4 Å². The molecule has 1 aliphatic carbocycles. The molecule has 1 aromatic carbocycles. The Kier molecular flexibility index (Phi) is 6.22. The molecule has 1 N–H and O–H groups in total. The molecule has 1 aliphatic rings. The molecule has 1 fully saturated rings. The van der Waals surface area contributed by atoms with E-state index in [1.165, 1.54) is 30.0 Å². The maximum atomic E-state index is 12.3. The summed E-state index contributed by atoms with van der Waals surface area (Å²) in [6.45, 7) is 3.27. The number of benzene rings is 1. The lowest BCUT2D eigenvalue weighted by Gasteiger charge is -2.17. The number of anilines is 2. The molecular formula is C18H20N4O3S2. The molecule has 142 valence electrons. The smallest absolute Gasteiger partial charge is 0.228 e. The summed E-state index contributed by atoms with van der Waals surface area (Å²) >= 11 is 2.66. The van der Waals surface area contributed by atoms with E-state index in [9.17, 15) is 14.4 Å². The summed E-state index contributed by atoms with van der Waals surface area (Å²) < 4.78 is 0.669. The average molecular weight is 405 g/mol. The molecule has 0 radical (unpaired) electrons. The van der Waals surface area contributed by atoms with Crippen LogP contribution < -0.4 is 10.2 Å². The van der Waals surface area contributed by atoms with E-state index in [0.29, 0.717) is 27.1 Å². The molecule has 0 aliphatic heterocycles. The van der Waals surface area contributed by atoms with E-state index < -0.39 is 0 Å². The van der Waals surface area contributed by atoms with E-state index in [0.717, 1.165) is 12.8 Å². The Bertz CT molecular complexity index is 847. The molecule has 27 heavy (non-hydrogen) atoms. The van der Waals surface area contributed by atoms with Crippen LogP contribution in [0.3, 0.4) is 0 Å². The van der Waals surface area contributed by atoms with Gasteiger partial charge >= 0.3 is 0 Å². The minimum Gasteiger partial charge on any atom is -0.326 e. The molecular weight excluding hydrogens is 384 g/mol. The third-order valence-corrected chi connectivity index (χ3v) is 5.99. The predicted molar refractivity (Wildman–Crippen MR) is 107 cm³/mol. The van der Waals surface area contributed by atoms with E-state index in [1.54, 1.807) is 29.2 Å². The fourth-order valence-corrected chi connectivity index (χ4v) is 4.31. The summed E-state index contributed by atoms with van der Waals surface area (Å²) in [5, 5.41) is 11.5. The number of carbonyl (C=O) groups excluding carboxylic acids is 3. The van der Waals surface area contributed by atoms with Gasteiger partial charge in [0.25, 0.3) is 0 Å². The zero-order valence-corrected chi connectivity index (χ0v) is 16.7. The van der Waals surface area contributed by atoms with Gasteiger partial charge in [0, 0.05) is 30.6 Å². The van der Waals surface area contributed by atoms with Crippen molar-refractivity contribution in [3.05, 3.63) is 29.8 Å². The maximum absolute atomic E-state index is 12.3. The third kappa shape index (κ3) is 5.14. The van der Waals surface area contributed by atoms with Crippen LogP contribution in [0.2, 0.25) is 0 Å². The van der Waals surface area contributed by atoms with E-state index in [1.807, 2.05) is 6.92 Å². The molecule has 0 atom stereocenters. The monoisotopic (exact) mass is 404 g/mol. The highest BCUT2D eigenvalue weighted by Gasteiger charge is 2.35. The highest BCUT2D eigenvalue weighted by atomic mass is 32.2. The molecule has 1 saturated carbocycles. The van der Waals surface area contributed by atoms with Crippen LogP contribution in [0.1, 0.15) is 43.5 Å². The number of aromatic nitrogens is 2. The lowest BCUT2D eigenvalue weighted by molar-refractivity contribution is -0.118. The van der Waals surface area contributed by atoms with Crippen molar-refractivity contribution in [2.24, 2.45) is 0 Å². The molecule has 0 unspecified atom stereocenters. The van der Waals surface area contributed by atoms with Crippen molar-refractivity contribution in [2.75, 3.05) is 16.0 Å². The number of amides is 2. The van der Waals surface area contributed by atoms with Crippen LogP contribution in [0.4, 0.5) is 10.8 Å². The number of rotatable bonds is 8. The number of ketones is 1. The largest absolute Gasteiger partial charge is 0.326 e. The molecule has 7 nitrogen and oxygen atoms in total. The Balaban J connectivity index is 1.58. The Labute approximate surface area is 165 Å². The van der Waals surface area contributed by atoms with Crippen LogP contribution in [0.5, 0.6) is 0 Å². The van der Waals surface area contributed by atoms with Crippen LogP contribution in [0.25, 0.3) is 0 Å². The molecule has 9 heteroatoms. The molecule has 2 aromatic rings. The second-order valence-electron chi connectivity index (χ2n) is 6.17. The normalized spacial score (nSPS) is 13.3. The predicted octanol–water partition coefficient (Wildman–Crippen LogP) is 3.38. The van der Waals surface area contributed by atoms with Crippen molar-refractivity contribution in [1.29, 1.82) is 0 Å². The fourth-order valence-electron chi connectivity index (χ4n) is 2.48. The number of nitrogens with one attached hydrogen (secondary N) is 1. The first-order valence-corrected chi connectivity index (χ1v) is 10.5. The van der Waals surface area contributed by atoms with Crippen LogP contribution >= 0.6 is 23.1 Å². The minimum absolute atomic E-state index is 0.0326. The van der Waals surface area contributed by atoms with Gasteiger partial charge in [0.2, 0.25) is 16.9 Å². The molecule has 1 heterocycles. The SMILES string of the molecule is CCC(=O)N(c1nnc(SCC(=O)c2ccc(NC(C)=O)cc2)s1)C1CC1. The second kappa shape index (κ2) is 8.62. The van der Waals surface area contributed by atoms with Gasteiger partial charge in [-0.15, -0.1) is 10.2 Å². The average Bonchev–Trinajstić information content (AvgIpc) is 3.37.